The van der Waals surface area contributed by atoms with Crippen LogP contribution in [-0.4, -0.2) is 36.1 Å². The quantitative estimate of drug-likeness (QED) is 0.785. The summed E-state index contributed by atoms with van der Waals surface area (Å²) < 4.78 is 4.97. The molecule has 100 valence electrons. The lowest BCUT2D eigenvalue weighted by molar-refractivity contribution is 0.0951. The number of alkyl halides is 1. The van der Waals surface area contributed by atoms with Crippen LogP contribution in [0.25, 0.3) is 0 Å². The summed E-state index contributed by atoms with van der Waals surface area (Å²) in [5.41, 5.74) is 0.273. The molecule has 0 aliphatic rings. The SMILES string of the molecule is COCC(Br)CCNC(=O)c1cc(O)ccc1Cl. The van der Waals surface area contributed by atoms with Crippen LogP contribution in [0.3, 0.4) is 0 Å². The zero-order valence-electron chi connectivity index (χ0n) is 9.95. The van der Waals surface area contributed by atoms with Gasteiger partial charge in [-0.1, -0.05) is 27.5 Å². The number of hydrogen-bond acceptors (Lipinski definition) is 3. The number of amides is 1. The van der Waals surface area contributed by atoms with Gasteiger partial charge in [0.2, 0.25) is 0 Å². The molecule has 1 amide bonds. The van der Waals surface area contributed by atoms with Gasteiger partial charge in [0.25, 0.3) is 5.91 Å². The van der Waals surface area contributed by atoms with Crippen molar-refractivity contribution in [2.45, 2.75) is 11.2 Å². The molecule has 0 saturated carbocycles. The second-order valence-electron chi connectivity index (χ2n) is 3.76. The van der Waals surface area contributed by atoms with Crippen LogP contribution in [0.4, 0.5) is 0 Å². The van der Waals surface area contributed by atoms with Gasteiger partial charge in [-0.3, -0.25) is 4.79 Å². The highest BCUT2D eigenvalue weighted by Gasteiger charge is 2.11. The van der Waals surface area contributed by atoms with Crippen LogP contribution >= 0.6 is 27.5 Å². The van der Waals surface area contributed by atoms with Crippen LogP contribution in [-0.2, 0) is 4.74 Å². The molecule has 0 radical (unpaired) electrons. The fraction of sp³-hybridized carbons (Fsp3) is 0.417. The number of benzene rings is 1. The number of halogens is 2. The van der Waals surface area contributed by atoms with E-state index in [1.165, 1.54) is 18.2 Å². The lowest BCUT2D eigenvalue weighted by Crippen LogP contribution is -2.27. The van der Waals surface area contributed by atoms with Gasteiger partial charge in [-0.15, -0.1) is 0 Å². The van der Waals surface area contributed by atoms with Crippen LogP contribution in [0.5, 0.6) is 5.75 Å². The molecule has 0 aromatic heterocycles. The summed E-state index contributed by atoms with van der Waals surface area (Å²) in [5.74, 6) is -0.282. The summed E-state index contributed by atoms with van der Waals surface area (Å²) in [6, 6.07) is 4.27. The third-order valence-electron chi connectivity index (χ3n) is 2.29. The van der Waals surface area contributed by atoms with Gasteiger partial charge >= 0.3 is 0 Å². The first kappa shape index (κ1) is 15.3. The van der Waals surface area contributed by atoms with Crippen LogP contribution in [0.15, 0.2) is 18.2 Å². The summed E-state index contributed by atoms with van der Waals surface area (Å²) in [4.78, 5) is 12.0. The summed E-state index contributed by atoms with van der Waals surface area (Å²) in [5, 5.41) is 12.4. The number of phenols is 1. The van der Waals surface area contributed by atoms with Gasteiger partial charge in [0, 0.05) is 18.5 Å². The minimum atomic E-state index is -0.298. The highest BCUT2D eigenvalue weighted by atomic mass is 79.9. The van der Waals surface area contributed by atoms with E-state index in [2.05, 4.69) is 21.2 Å². The summed E-state index contributed by atoms with van der Waals surface area (Å²) in [6.45, 7) is 1.09. The predicted octanol–water partition coefficient (Wildman–Crippen LogP) is 2.58. The Morgan fingerprint density at radius 2 is 2.33 bits per heavy atom. The van der Waals surface area contributed by atoms with E-state index in [0.717, 1.165) is 6.42 Å². The molecular weight excluding hydrogens is 321 g/mol. The fourth-order valence-electron chi connectivity index (χ4n) is 1.39. The molecule has 1 aromatic carbocycles. The van der Waals surface area contributed by atoms with Crippen molar-refractivity contribution in [1.29, 1.82) is 0 Å². The lowest BCUT2D eigenvalue weighted by Gasteiger charge is -2.10. The zero-order valence-corrected chi connectivity index (χ0v) is 12.3. The zero-order chi connectivity index (χ0) is 13.5. The third-order valence-corrected chi connectivity index (χ3v) is 3.34. The van der Waals surface area contributed by atoms with Crippen molar-refractivity contribution >= 4 is 33.4 Å². The van der Waals surface area contributed by atoms with Gasteiger partial charge in [-0.2, -0.15) is 0 Å². The predicted molar refractivity (Wildman–Crippen MR) is 74.7 cm³/mol. The number of hydrogen-bond donors (Lipinski definition) is 2. The maximum Gasteiger partial charge on any atom is 0.252 e. The van der Waals surface area contributed by atoms with Crippen LogP contribution in [0.1, 0.15) is 16.8 Å². The maximum atomic E-state index is 11.8. The number of carbonyl (C=O) groups excluding carboxylic acids is 1. The minimum absolute atomic E-state index is 0.0160. The molecule has 0 fully saturated rings. The molecule has 0 aliphatic heterocycles. The molecule has 1 rings (SSSR count). The Kier molecular flexibility index (Phi) is 6.46. The van der Waals surface area contributed by atoms with Crippen LogP contribution < -0.4 is 5.32 Å². The smallest absolute Gasteiger partial charge is 0.252 e. The molecule has 1 aromatic rings. The van der Waals surface area contributed by atoms with Gasteiger partial charge in [-0.05, 0) is 24.6 Å². The molecule has 0 saturated heterocycles. The van der Waals surface area contributed by atoms with Crippen molar-refractivity contribution in [3.8, 4) is 5.75 Å². The van der Waals surface area contributed by atoms with Crippen molar-refractivity contribution in [2.75, 3.05) is 20.3 Å². The highest BCUT2D eigenvalue weighted by molar-refractivity contribution is 9.09. The standard InChI is InChI=1S/C12H15BrClNO3/c1-18-7-8(13)4-5-15-12(17)10-6-9(16)2-3-11(10)14/h2-3,6,8,16H,4-5,7H2,1H3,(H,15,17). The molecule has 2 N–H and O–H groups in total. The average Bonchev–Trinajstić information content (AvgIpc) is 2.32. The van der Waals surface area contributed by atoms with E-state index in [9.17, 15) is 9.90 Å². The monoisotopic (exact) mass is 335 g/mol. The number of carbonyl (C=O) groups is 1. The fourth-order valence-corrected chi connectivity index (χ4v) is 2.09. The second kappa shape index (κ2) is 7.61. The molecule has 4 nitrogen and oxygen atoms in total. The van der Waals surface area contributed by atoms with Crippen molar-refractivity contribution in [3.63, 3.8) is 0 Å². The van der Waals surface area contributed by atoms with Gasteiger partial charge in [0.15, 0.2) is 0 Å². The van der Waals surface area contributed by atoms with Crippen molar-refractivity contribution in [1.82, 2.24) is 5.32 Å². The number of phenolic OH excluding ortho intramolecular Hbond substituents is 1. The highest BCUT2D eigenvalue weighted by Crippen LogP contribution is 2.20. The molecular formula is C12H15BrClNO3. The first-order valence-electron chi connectivity index (χ1n) is 5.44. The van der Waals surface area contributed by atoms with E-state index in [4.69, 9.17) is 16.3 Å². The molecule has 1 atom stereocenters. The Balaban J connectivity index is 2.48. The van der Waals surface area contributed by atoms with Crippen molar-refractivity contribution in [3.05, 3.63) is 28.8 Å². The normalized spacial score (nSPS) is 12.2. The topological polar surface area (TPSA) is 58.6 Å². The van der Waals surface area contributed by atoms with Crippen molar-refractivity contribution in [2.24, 2.45) is 0 Å². The Hall–Kier alpha value is -0.780. The van der Waals surface area contributed by atoms with Gasteiger partial charge in [0.1, 0.15) is 5.75 Å². The number of ether oxygens (including phenoxy) is 1. The van der Waals surface area contributed by atoms with Gasteiger partial charge < -0.3 is 15.2 Å². The average molecular weight is 337 g/mol. The first-order chi connectivity index (χ1) is 8.54. The molecule has 18 heavy (non-hydrogen) atoms. The Morgan fingerprint density at radius 1 is 1.61 bits per heavy atom. The Labute approximate surface area is 119 Å². The summed E-state index contributed by atoms with van der Waals surface area (Å²) >= 11 is 9.31. The minimum Gasteiger partial charge on any atom is -0.508 e. The van der Waals surface area contributed by atoms with Gasteiger partial charge in [-0.25, -0.2) is 0 Å². The molecule has 0 aliphatic carbocycles. The van der Waals surface area contributed by atoms with Crippen molar-refractivity contribution < 1.29 is 14.6 Å². The molecule has 0 heterocycles. The number of nitrogens with one attached hydrogen (secondary N) is 1. The first-order valence-corrected chi connectivity index (χ1v) is 6.73. The molecule has 0 spiro atoms. The molecule has 6 heteroatoms. The molecule has 0 bridgehead atoms. The van der Waals surface area contributed by atoms with Gasteiger partial charge in [0.05, 0.1) is 17.2 Å². The van der Waals surface area contributed by atoms with E-state index in [1.807, 2.05) is 0 Å². The molecule has 1 unspecified atom stereocenters. The summed E-state index contributed by atoms with van der Waals surface area (Å²) in [7, 11) is 1.62. The summed E-state index contributed by atoms with van der Waals surface area (Å²) in [6.07, 6.45) is 0.746. The second-order valence-corrected chi connectivity index (χ2v) is 5.46. The van der Waals surface area contributed by atoms with E-state index >= 15 is 0 Å². The third kappa shape index (κ3) is 4.84. The number of rotatable bonds is 6. The van der Waals surface area contributed by atoms with E-state index in [1.54, 1.807) is 7.11 Å². The Morgan fingerprint density at radius 3 is 3.00 bits per heavy atom. The van der Waals surface area contributed by atoms with E-state index in [-0.39, 0.29) is 22.0 Å². The van der Waals surface area contributed by atoms with Crippen LogP contribution in [0, 0.1) is 0 Å². The number of methoxy groups -OCH3 is 1. The van der Waals surface area contributed by atoms with E-state index < -0.39 is 0 Å². The maximum absolute atomic E-state index is 11.8. The lowest BCUT2D eigenvalue weighted by atomic mass is 10.2. The largest absolute Gasteiger partial charge is 0.508 e. The number of aromatic hydroxyl groups is 1. The Bertz CT molecular complexity index is 414. The van der Waals surface area contributed by atoms with E-state index in [0.29, 0.717) is 18.2 Å². The van der Waals surface area contributed by atoms with Crippen LogP contribution in [0.2, 0.25) is 5.02 Å².